The summed E-state index contributed by atoms with van der Waals surface area (Å²) in [6.07, 6.45) is 9.01. The molecule has 4 bridgehead atoms. The summed E-state index contributed by atoms with van der Waals surface area (Å²) in [5, 5.41) is 7.51. The molecule has 1 heterocycles. The van der Waals surface area contributed by atoms with Crippen molar-refractivity contribution in [2.45, 2.75) is 48.4 Å². The maximum Gasteiger partial charge on any atom is 0.321 e. The van der Waals surface area contributed by atoms with E-state index in [0.717, 1.165) is 41.4 Å². The van der Waals surface area contributed by atoms with Gasteiger partial charge in [0, 0.05) is 17.1 Å². The maximum absolute atomic E-state index is 12.2. The van der Waals surface area contributed by atoms with E-state index in [1.807, 2.05) is 5.38 Å². The molecule has 5 nitrogen and oxygen atoms in total. The molecule has 0 radical (unpaired) electrons. The quantitative estimate of drug-likeness (QED) is 0.818. The number of thiazole rings is 1. The van der Waals surface area contributed by atoms with Crippen LogP contribution in [0.2, 0.25) is 0 Å². The monoisotopic (exact) mass is 351 g/mol. The van der Waals surface area contributed by atoms with Crippen molar-refractivity contribution in [3.8, 4) is 0 Å². The van der Waals surface area contributed by atoms with Gasteiger partial charge in [-0.25, -0.2) is 9.78 Å². The summed E-state index contributed by atoms with van der Waals surface area (Å²) in [6, 6.07) is -0.323. The molecule has 2 N–H and O–H groups in total. The average Bonchev–Trinajstić information content (AvgIpc) is 2.96. The topological polar surface area (TPSA) is 71.1 Å². The number of urea groups is 1. The van der Waals surface area contributed by atoms with Crippen LogP contribution in [0, 0.1) is 17.8 Å². The molecule has 1 aromatic rings. The van der Waals surface area contributed by atoms with Gasteiger partial charge in [-0.15, -0.1) is 11.3 Å². The fraction of sp³-hybridized carbons (Fsp3) is 0.688. The molecule has 1 aromatic heterocycles. The predicted molar refractivity (Wildman–Crippen MR) is 90.4 cm³/mol. The standard InChI is InChI=1S/C16H21N3O2S2/c20-13(9-23-15-17-1-2-22-15)18-14(21)19-16-6-10-3-11(7-16)5-12(4-10)8-16/h1-2,10-12H,3-9H2,(H2,18,19,20,21). The lowest BCUT2D eigenvalue weighted by Crippen LogP contribution is -2.61. The third-order valence-electron chi connectivity index (χ3n) is 5.41. The molecule has 0 spiro atoms. The highest BCUT2D eigenvalue weighted by Gasteiger charge is 2.51. The highest BCUT2D eigenvalue weighted by molar-refractivity contribution is 8.01. The average molecular weight is 351 g/mol. The Hall–Kier alpha value is -1.08. The number of hydrogen-bond donors (Lipinski definition) is 2. The zero-order valence-electron chi connectivity index (χ0n) is 12.9. The summed E-state index contributed by atoms with van der Waals surface area (Å²) in [7, 11) is 0. The number of carbonyl (C=O) groups excluding carboxylic acids is 2. The Morgan fingerprint density at radius 3 is 2.43 bits per heavy atom. The second kappa shape index (κ2) is 6.09. The number of nitrogens with one attached hydrogen (secondary N) is 2. The summed E-state index contributed by atoms with van der Waals surface area (Å²) < 4.78 is 0.849. The van der Waals surface area contributed by atoms with Crippen molar-refractivity contribution < 1.29 is 9.59 Å². The first-order valence-corrected chi connectivity index (χ1v) is 10.1. The first-order chi connectivity index (χ1) is 11.1. The zero-order valence-corrected chi connectivity index (χ0v) is 14.5. The van der Waals surface area contributed by atoms with Crippen molar-refractivity contribution in [1.82, 2.24) is 15.6 Å². The molecular weight excluding hydrogens is 330 g/mol. The Morgan fingerprint density at radius 2 is 1.87 bits per heavy atom. The smallest absolute Gasteiger partial charge is 0.321 e. The number of imide groups is 1. The Labute approximate surface area is 144 Å². The summed E-state index contributed by atoms with van der Waals surface area (Å²) in [5.74, 6) is 2.29. The molecule has 0 unspecified atom stereocenters. The molecule has 0 saturated heterocycles. The summed E-state index contributed by atoms with van der Waals surface area (Å²) >= 11 is 2.86. The summed E-state index contributed by atoms with van der Waals surface area (Å²) in [4.78, 5) is 28.3. The Kier molecular flexibility index (Phi) is 4.09. The second-order valence-electron chi connectivity index (χ2n) is 7.29. The van der Waals surface area contributed by atoms with E-state index < -0.39 is 0 Å². The van der Waals surface area contributed by atoms with Crippen molar-refractivity contribution in [1.29, 1.82) is 0 Å². The molecule has 5 rings (SSSR count). The van der Waals surface area contributed by atoms with Gasteiger partial charge >= 0.3 is 6.03 Å². The molecule has 0 aliphatic heterocycles. The SMILES string of the molecule is O=C(CSc1nccs1)NC(=O)NC12CC3CC(CC(C3)C1)C2. The molecule has 7 heteroatoms. The molecule has 4 aliphatic rings. The number of hydrogen-bond acceptors (Lipinski definition) is 5. The van der Waals surface area contributed by atoms with Crippen LogP contribution in [-0.2, 0) is 4.79 Å². The van der Waals surface area contributed by atoms with Crippen LogP contribution in [0.5, 0.6) is 0 Å². The van der Waals surface area contributed by atoms with Crippen LogP contribution in [-0.4, -0.2) is 28.2 Å². The maximum atomic E-state index is 12.2. The number of aromatic nitrogens is 1. The van der Waals surface area contributed by atoms with E-state index >= 15 is 0 Å². The van der Waals surface area contributed by atoms with Gasteiger partial charge < -0.3 is 5.32 Å². The minimum Gasteiger partial charge on any atom is -0.332 e. The van der Waals surface area contributed by atoms with Gasteiger partial charge in [-0.2, -0.15) is 0 Å². The van der Waals surface area contributed by atoms with E-state index in [-0.39, 0.29) is 23.2 Å². The summed E-state index contributed by atoms with van der Waals surface area (Å²) in [6.45, 7) is 0. The lowest BCUT2D eigenvalue weighted by atomic mass is 9.53. The molecule has 23 heavy (non-hydrogen) atoms. The van der Waals surface area contributed by atoms with Gasteiger partial charge in [-0.3, -0.25) is 10.1 Å². The lowest BCUT2D eigenvalue weighted by Gasteiger charge is -2.56. The van der Waals surface area contributed by atoms with Crippen LogP contribution >= 0.6 is 23.1 Å². The number of amides is 3. The largest absolute Gasteiger partial charge is 0.332 e. The second-order valence-corrected chi connectivity index (χ2v) is 9.40. The molecular formula is C16H21N3O2S2. The van der Waals surface area contributed by atoms with E-state index in [9.17, 15) is 9.59 Å². The van der Waals surface area contributed by atoms with Gasteiger partial charge in [0.1, 0.15) is 4.34 Å². The normalized spacial score (nSPS) is 34.3. The minimum absolute atomic E-state index is 0.0540. The van der Waals surface area contributed by atoms with Gasteiger partial charge in [0.05, 0.1) is 5.75 Å². The van der Waals surface area contributed by atoms with E-state index in [0.29, 0.717) is 0 Å². The first kappa shape index (κ1) is 15.4. The van der Waals surface area contributed by atoms with Crippen LogP contribution in [0.25, 0.3) is 0 Å². The van der Waals surface area contributed by atoms with Crippen molar-refractivity contribution in [3.63, 3.8) is 0 Å². The van der Waals surface area contributed by atoms with Gasteiger partial charge in [0.25, 0.3) is 0 Å². The highest BCUT2D eigenvalue weighted by atomic mass is 32.2. The van der Waals surface area contributed by atoms with Crippen LogP contribution in [0.15, 0.2) is 15.9 Å². The molecule has 3 amide bonds. The van der Waals surface area contributed by atoms with Crippen molar-refractivity contribution in [2.75, 3.05) is 5.75 Å². The van der Waals surface area contributed by atoms with E-state index in [2.05, 4.69) is 15.6 Å². The van der Waals surface area contributed by atoms with Crippen molar-refractivity contribution >= 4 is 35.0 Å². The molecule has 4 saturated carbocycles. The third kappa shape index (κ3) is 3.40. The number of nitrogens with zero attached hydrogens (tertiary/aromatic N) is 1. The van der Waals surface area contributed by atoms with Crippen molar-refractivity contribution in [3.05, 3.63) is 11.6 Å². The van der Waals surface area contributed by atoms with E-state index in [1.165, 1.54) is 42.4 Å². The fourth-order valence-electron chi connectivity index (χ4n) is 5.11. The minimum atomic E-state index is -0.323. The Bertz CT molecular complexity index is 567. The van der Waals surface area contributed by atoms with Crippen molar-refractivity contribution in [2.24, 2.45) is 17.8 Å². The van der Waals surface area contributed by atoms with Crippen LogP contribution in [0.4, 0.5) is 4.79 Å². The zero-order chi connectivity index (χ0) is 15.9. The third-order valence-corrected chi connectivity index (χ3v) is 7.37. The van der Waals surface area contributed by atoms with E-state index in [1.54, 1.807) is 6.20 Å². The molecule has 4 aliphatic carbocycles. The Morgan fingerprint density at radius 1 is 1.22 bits per heavy atom. The van der Waals surface area contributed by atoms with Crippen LogP contribution < -0.4 is 10.6 Å². The van der Waals surface area contributed by atoms with Crippen LogP contribution in [0.3, 0.4) is 0 Å². The molecule has 124 valence electrons. The van der Waals surface area contributed by atoms with Gasteiger partial charge in [0.15, 0.2) is 0 Å². The van der Waals surface area contributed by atoms with Gasteiger partial charge in [-0.1, -0.05) is 11.8 Å². The predicted octanol–water partition coefficient (Wildman–Crippen LogP) is 3.03. The molecule has 4 fully saturated rings. The number of rotatable bonds is 4. The number of thioether (sulfide) groups is 1. The molecule has 0 atom stereocenters. The lowest BCUT2D eigenvalue weighted by molar-refractivity contribution is -0.117. The number of carbonyl (C=O) groups is 2. The van der Waals surface area contributed by atoms with Gasteiger partial charge in [-0.05, 0) is 56.3 Å². The molecule has 0 aromatic carbocycles. The summed E-state index contributed by atoms with van der Waals surface area (Å²) in [5.41, 5.74) is -0.0540. The fourth-order valence-corrected chi connectivity index (χ4v) is 6.55. The Balaban J connectivity index is 1.29. The highest BCUT2D eigenvalue weighted by Crippen LogP contribution is 2.55. The van der Waals surface area contributed by atoms with E-state index in [4.69, 9.17) is 0 Å². The van der Waals surface area contributed by atoms with Crippen LogP contribution in [0.1, 0.15) is 38.5 Å². The van der Waals surface area contributed by atoms with Gasteiger partial charge in [0.2, 0.25) is 5.91 Å². The first-order valence-electron chi connectivity index (χ1n) is 8.24.